The number of likely N-dealkylation sites (tertiary alicyclic amines) is 1. The molecule has 0 radical (unpaired) electrons. The molecule has 4 nitrogen and oxygen atoms in total. The molecule has 0 atom stereocenters. The number of hydrogen-bond donors (Lipinski definition) is 1. The molecule has 1 amide bonds. The average molecular weight is 229 g/mol. The maximum absolute atomic E-state index is 12.0. The minimum atomic E-state index is 0.0194. The third-order valence-electron chi connectivity index (χ3n) is 2.77. The van der Waals surface area contributed by atoms with E-state index in [0.717, 1.165) is 31.6 Å². The fourth-order valence-corrected chi connectivity index (χ4v) is 1.86. The highest BCUT2D eigenvalue weighted by atomic mass is 16.2. The monoisotopic (exact) mass is 229 g/mol. The summed E-state index contributed by atoms with van der Waals surface area (Å²) in [6, 6.07) is 3.56. The molecule has 2 rings (SSSR count). The van der Waals surface area contributed by atoms with Gasteiger partial charge in [-0.25, -0.2) is 4.98 Å². The molecule has 1 aromatic heterocycles. The SMILES string of the molecule is C#CCNc1ccc(C(=O)N2CCCC2)nc1. The van der Waals surface area contributed by atoms with Crippen molar-refractivity contribution in [3.63, 3.8) is 0 Å². The van der Waals surface area contributed by atoms with Crippen LogP contribution in [0.4, 0.5) is 5.69 Å². The summed E-state index contributed by atoms with van der Waals surface area (Å²) in [6.07, 6.45) is 8.96. The predicted octanol–water partition coefficient (Wildman–Crippen LogP) is 1.36. The van der Waals surface area contributed by atoms with Gasteiger partial charge in [0, 0.05) is 13.1 Å². The quantitative estimate of drug-likeness (QED) is 0.796. The zero-order valence-corrected chi connectivity index (χ0v) is 9.65. The summed E-state index contributed by atoms with van der Waals surface area (Å²) in [5.41, 5.74) is 1.33. The van der Waals surface area contributed by atoms with Gasteiger partial charge in [-0.3, -0.25) is 4.79 Å². The molecule has 0 spiro atoms. The van der Waals surface area contributed by atoms with Crippen molar-refractivity contribution in [2.24, 2.45) is 0 Å². The van der Waals surface area contributed by atoms with Gasteiger partial charge in [-0.2, -0.15) is 0 Å². The summed E-state index contributed by atoms with van der Waals surface area (Å²) in [6.45, 7) is 2.15. The minimum absolute atomic E-state index is 0.0194. The molecule has 1 fully saturated rings. The van der Waals surface area contributed by atoms with E-state index in [1.165, 1.54) is 0 Å². The molecule has 1 aromatic rings. The van der Waals surface area contributed by atoms with Gasteiger partial charge in [-0.1, -0.05) is 5.92 Å². The van der Waals surface area contributed by atoms with Gasteiger partial charge in [0.05, 0.1) is 18.4 Å². The van der Waals surface area contributed by atoms with Gasteiger partial charge in [0.1, 0.15) is 5.69 Å². The fourth-order valence-electron chi connectivity index (χ4n) is 1.86. The first-order valence-electron chi connectivity index (χ1n) is 5.74. The maximum atomic E-state index is 12.0. The lowest BCUT2D eigenvalue weighted by Gasteiger charge is -2.14. The highest BCUT2D eigenvalue weighted by molar-refractivity contribution is 5.92. The molecule has 2 heterocycles. The molecule has 0 saturated carbocycles. The molecule has 88 valence electrons. The standard InChI is InChI=1S/C13H15N3O/c1-2-7-14-11-5-6-12(15-10-11)13(17)16-8-3-4-9-16/h1,5-6,10,14H,3-4,7-9H2. The molecule has 1 N–H and O–H groups in total. The molecule has 1 aliphatic heterocycles. The number of aromatic nitrogens is 1. The van der Waals surface area contributed by atoms with Crippen LogP contribution in [0.25, 0.3) is 0 Å². The lowest BCUT2D eigenvalue weighted by atomic mass is 10.3. The van der Waals surface area contributed by atoms with Gasteiger partial charge in [-0.05, 0) is 25.0 Å². The number of carbonyl (C=O) groups excluding carboxylic acids is 1. The highest BCUT2D eigenvalue weighted by Gasteiger charge is 2.20. The molecule has 0 unspecified atom stereocenters. The Hall–Kier alpha value is -2.02. The van der Waals surface area contributed by atoms with Gasteiger partial charge >= 0.3 is 0 Å². The second-order valence-corrected chi connectivity index (χ2v) is 3.99. The molecule has 0 aliphatic carbocycles. The van der Waals surface area contributed by atoms with Crippen LogP contribution in [0, 0.1) is 12.3 Å². The lowest BCUT2D eigenvalue weighted by Crippen LogP contribution is -2.28. The Balaban J connectivity index is 2.02. The number of nitrogens with zero attached hydrogens (tertiary/aromatic N) is 2. The summed E-state index contributed by atoms with van der Waals surface area (Å²) in [7, 11) is 0. The Morgan fingerprint density at radius 3 is 2.82 bits per heavy atom. The Bertz CT molecular complexity index is 427. The minimum Gasteiger partial charge on any atom is -0.373 e. The third-order valence-corrected chi connectivity index (χ3v) is 2.77. The van der Waals surface area contributed by atoms with Gasteiger partial charge < -0.3 is 10.2 Å². The van der Waals surface area contributed by atoms with E-state index >= 15 is 0 Å². The predicted molar refractivity (Wildman–Crippen MR) is 66.7 cm³/mol. The Labute approximate surface area is 101 Å². The van der Waals surface area contributed by atoms with E-state index in [4.69, 9.17) is 6.42 Å². The van der Waals surface area contributed by atoms with E-state index < -0.39 is 0 Å². The smallest absolute Gasteiger partial charge is 0.272 e. The second kappa shape index (κ2) is 5.35. The van der Waals surface area contributed by atoms with E-state index in [1.807, 2.05) is 11.0 Å². The topological polar surface area (TPSA) is 45.2 Å². The number of anilines is 1. The van der Waals surface area contributed by atoms with Gasteiger partial charge in [0.25, 0.3) is 5.91 Å². The van der Waals surface area contributed by atoms with Crippen molar-refractivity contribution in [1.29, 1.82) is 0 Å². The van der Waals surface area contributed by atoms with Crippen LogP contribution < -0.4 is 5.32 Å². The first-order valence-corrected chi connectivity index (χ1v) is 5.74. The number of pyridine rings is 1. The molecule has 17 heavy (non-hydrogen) atoms. The van der Waals surface area contributed by atoms with Crippen molar-refractivity contribution in [2.45, 2.75) is 12.8 Å². The Morgan fingerprint density at radius 1 is 1.47 bits per heavy atom. The van der Waals surface area contributed by atoms with E-state index in [0.29, 0.717) is 12.2 Å². The van der Waals surface area contributed by atoms with Crippen molar-refractivity contribution in [3.05, 3.63) is 24.0 Å². The first-order chi connectivity index (χ1) is 8.31. The van der Waals surface area contributed by atoms with Crippen LogP contribution in [0.3, 0.4) is 0 Å². The number of hydrogen-bond acceptors (Lipinski definition) is 3. The van der Waals surface area contributed by atoms with Crippen LogP contribution in [0.1, 0.15) is 23.3 Å². The van der Waals surface area contributed by atoms with Gasteiger partial charge in [0.2, 0.25) is 0 Å². The fraction of sp³-hybridized carbons (Fsp3) is 0.385. The number of carbonyl (C=O) groups is 1. The third kappa shape index (κ3) is 2.76. The number of rotatable bonds is 3. The number of amides is 1. The zero-order valence-electron chi connectivity index (χ0n) is 9.65. The van der Waals surface area contributed by atoms with Crippen LogP contribution in [-0.2, 0) is 0 Å². The van der Waals surface area contributed by atoms with E-state index in [-0.39, 0.29) is 5.91 Å². The highest BCUT2D eigenvalue weighted by Crippen LogP contribution is 2.13. The molecule has 0 aromatic carbocycles. The summed E-state index contributed by atoms with van der Waals surface area (Å²) in [5, 5.41) is 3.01. The first kappa shape index (κ1) is 11.5. The summed E-state index contributed by atoms with van der Waals surface area (Å²) >= 11 is 0. The molecular formula is C13H15N3O. The van der Waals surface area contributed by atoms with Gasteiger partial charge in [0.15, 0.2) is 0 Å². The summed E-state index contributed by atoms with van der Waals surface area (Å²) in [4.78, 5) is 18.0. The van der Waals surface area contributed by atoms with Crippen molar-refractivity contribution in [1.82, 2.24) is 9.88 Å². The zero-order chi connectivity index (χ0) is 12.1. The second-order valence-electron chi connectivity index (χ2n) is 3.99. The average Bonchev–Trinajstić information content (AvgIpc) is 2.90. The van der Waals surface area contributed by atoms with Crippen molar-refractivity contribution < 1.29 is 4.79 Å². The molecule has 0 bridgehead atoms. The van der Waals surface area contributed by atoms with Crippen molar-refractivity contribution in [2.75, 3.05) is 25.0 Å². The van der Waals surface area contributed by atoms with E-state index in [9.17, 15) is 4.79 Å². The number of terminal acetylenes is 1. The van der Waals surface area contributed by atoms with Crippen molar-refractivity contribution >= 4 is 11.6 Å². The van der Waals surface area contributed by atoms with Crippen molar-refractivity contribution in [3.8, 4) is 12.3 Å². The van der Waals surface area contributed by atoms with Crippen LogP contribution in [0.5, 0.6) is 0 Å². The van der Waals surface area contributed by atoms with E-state index in [1.54, 1.807) is 12.3 Å². The van der Waals surface area contributed by atoms with Crippen LogP contribution in [-0.4, -0.2) is 35.4 Å². The Kier molecular flexibility index (Phi) is 3.61. The largest absolute Gasteiger partial charge is 0.373 e. The number of nitrogens with one attached hydrogen (secondary N) is 1. The van der Waals surface area contributed by atoms with Crippen LogP contribution >= 0.6 is 0 Å². The van der Waals surface area contributed by atoms with E-state index in [2.05, 4.69) is 16.2 Å². The normalized spacial score (nSPS) is 14.4. The molecule has 1 saturated heterocycles. The van der Waals surface area contributed by atoms with Gasteiger partial charge in [-0.15, -0.1) is 6.42 Å². The maximum Gasteiger partial charge on any atom is 0.272 e. The summed E-state index contributed by atoms with van der Waals surface area (Å²) < 4.78 is 0. The molecule has 4 heteroatoms. The molecule has 1 aliphatic rings. The van der Waals surface area contributed by atoms with Crippen LogP contribution in [0.2, 0.25) is 0 Å². The summed E-state index contributed by atoms with van der Waals surface area (Å²) in [5.74, 6) is 2.50. The Morgan fingerprint density at radius 2 is 2.24 bits per heavy atom. The lowest BCUT2D eigenvalue weighted by molar-refractivity contribution is 0.0787. The molecular weight excluding hydrogens is 214 g/mol. The van der Waals surface area contributed by atoms with Crippen LogP contribution in [0.15, 0.2) is 18.3 Å².